The molecule has 0 aliphatic rings. The summed E-state index contributed by atoms with van der Waals surface area (Å²) in [6.07, 6.45) is 3.25. The molecule has 0 saturated carbocycles. The van der Waals surface area contributed by atoms with Gasteiger partial charge in [-0.1, -0.05) is 11.6 Å². The molecule has 0 atom stereocenters. The molecule has 0 unspecified atom stereocenters. The van der Waals surface area contributed by atoms with Crippen molar-refractivity contribution in [3.63, 3.8) is 0 Å². The van der Waals surface area contributed by atoms with E-state index < -0.39 is 0 Å². The summed E-state index contributed by atoms with van der Waals surface area (Å²) in [6.45, 7) is 3.97. The Kier molecular flexibility index (Phi) is 3.19. The Labute approximate surface area is 103 Å². The highest BCUT2D eigenvalue weighted by Gasteiger charge is 2.04. The van der Waals surface area contributed by atoms with E-state index in [-0.39, 0.29) is 12.2 Å². The standard InChI is InChI=1S/C11H11ClN4O/c1-7-4-13-11(17)16(5-7)6-10-14-8(2)3-9(12)15-10/h3-5H,6H2,1-2H3. The van der Waals surface area contributed by atoms with Crippen molar-refractivity contribution < 1.29 is 0 Å². The first-order chi connectivity index (χ1) is 8.04. The third-order valence-corrected chi connectivity index (χ3v) is 2.36. The molecule has 2 aromatic heterocycles. The molecule has 88 valence electrons. The van der Waals surface area contributed by atoms with Gasteiger partial charge in [-0.25, -0.2) is 19.7 Å². The van der Waals surface area contributed by atoms with E-state index in [2.05, 4.69) is 15.0 Å². The number of aromatic nitrogens is 4. The summed E-state index contributed by atoms with van der Waals surface area (Å²) in [5, 5.41) is 0.376. The van der Waals surface area contributed by atoms with Gasteiger partial charge in [-0.05, 0) is 25.5 Å². The number of rotatable bonds is 2. The van der Waals surface area contributed by atoms with E-state index in [1.807, 2.05) is 13.8 Å². The summed E-state index contributed by atoms with van der Waals surface area (Å²) < 4.78 is 1.46. The molecular formula is C11H11ClN4O. The van der Waals surface area contributed by atoms with Crippen LogP contribution in [0.2, 0.25) is 5.15 Å². The normalized spacial score (nSPS) is 10.5. The third kappa shape index (κ3) is 2.88. The van der Waals surface area contributed by atoms with Crippen LogP contribution < -0.4 is 5.69 Å². The lowest BCUT2D eigenvalue weighted by Gasteiger charge is -2.05. The molecule has 0 saturated heterocycles. The predicted molar refractivity (Wildman–Crippen MR) is 64.1 cm³/mol. The topological polar surface area (TPSA) is 60.7 Å². The zero-order valence-corrected chi connectivity index (χ0v) is 10.3. The van der Waals surface area contributed by atoms with Gasteiger partial charge in [0.25, 0.3) is 0 Å². The number of aryl methyl sites for hydroxylation is 2. The lowest BCUT2D eigenvalue weighted by molar-refractivity contribution is 0.683. The Morgan fingerprint density at radius 2 is 2.12 bits per heavy atom. The molecule has 0 radical (unpaired) electrons. The van der Waals surface area contributed by atoms with Crippen LogP contribution in [-0.4, -0.2) is 19.5 Å². The molecule has 5 nitrogen and oxygen atoms in total. The van der Waals surface area contributed by atoms with E-state index in [4.69, 9.17) is 11.6 Å². The van der Waals surface area contributed by atoms with Crippen molar-refractivity contribution in [1.29, 1.82) is 0 Å². The molecule has 0 amide bonds. The number of hydrogen-bond acceptors (Lipinski definition) is 4. The van der Waals surface area contributed by atoms with E-state index in [0.29, 0.717) is 11.0 Å². The second-order valence-electron chi connectivity index (χ2n) is 3.79. The van der Waals surface area contributed by atoms with Gasteiger partial charge in [0.2, 0.25) is 0 Å². The van der Waals surface area contributed by atoms with Crippen LogP contribution in [0.1, 0.15) is 17.1 Å². The summed E-state index contributed by atoms with van der Waals surface area (Å²) in [4.78, 5) is 23.5. The van der Waals surface area contributed by atoms with Gasteiger partial charge in [-0.2, -0.15) is 0 Å². The summed E-state index contributed by atoms with van der Waals surface area (Å²) >= 11 is 5.83. The highest BCUT2D eigenvalue weighted by molar-refractivity contribution is 6.29. The molecule has 0 N–H and O–H groups in total. The van der Waals surface area contributed by atoms with Gasteiger partial charge < -0.3 is 0 Å². The molecule has 0 aliphatic carbocycles. The SMILES string of the molecule is Cc1cnc(=O)n(Cc2nc(C)cc(Cl)n2)c1. The average molecular weight is 251 g/mol. The first-order valence-electron chi connectivity index (χ1n) is 5.08. The van der Waals surface area contributed by atoms with Gasteiger partial charge >= 0.3 is 5.69 Å². The molecule has 0 aliphatic heterocycles. The van der Waals surface area contributed by atoms with Crippen molar-refractivity contribution in [3.8, 4) is 0 Å². The van der Waals surface area contributed by atoms with Gasteiger partial charge in [-0.15, -0.1) is 0 Å². The summed E-state index contributed by atoms with van der Waals surface area (Å²) in [6, 6.07) is 1.67. The molecular weight excluding hydrogens is 240 g/mol. The molecule has 6 heteroatoms. The molecule has 0 spiro atoms. The minimum atomic E-state index is -0.322. The maximum absolute atomic E-state index is 11.5. The zero-order valence-electron chi connectivity index (χ0n) is 9.51. The lowest BCUT2D eigenvalue weighted by atomic mass is 10.4. The minimum Gasteiger partial charge on any atom is -0.291 e. The second kappa shape index (κ2) is 4.63. The quantitative estimate of drug-likeness (QED) is 0.755. The highest BCUT2D eigenvalue weighted by Crippen LogP contribution is 2.07. The molecule has 17 heavy (non-hydrogen) atoms. The molecule has 2 heterocycles. The molecule has 2 rings (SSSR count). The maximum Gasteiger partial charge on any atom is 0.347 e. The van der Waals surface area contributed by atoms with Crippen molar-refractivity contribution in [2.24, 2.45) is 0 Å². The largest absolute Gasteiger partial charge is 0.347 e. The van der Waals surface area contributed by atoms with Gasteiger partial charge in [-0.3, -0.25) is 4.57 Å². The molecule has 0 bridgehead atoms. The van der Waals surface area contributed by atoms with Crippen molar-refractivity contribution >= 4 is 11.6 Å². The van der Waals surface area contributed by atoms with E-state index in [1.165, 1.54) is 10.8 Å². The smallest absolute Gasteiger partial charge is 0.291 e. The van der Waals surface area contributed by atoms with Crippen LogP contribution >= 0.6 is 11.6 Å². The summed E-state index contributed by atoms with van der Waals surface area (Å²) in [5.74, 6) is 0.504. The predicted octanol–water partition coefficient (Wildman–Crippen LogP) is 1.35. The van der Waals surface area contributed by atoms with Crippen molar-refractivity contribution in [3.05, 3.63) is 51.2 Å². The Morgan fingerprint density at radius 1 is 1.35 bits per heavy atom. The molecule has 0 aromatic carbocycles. The monoisotopic (exact) mass is 250 g/mol. The van der Waals surface area contributed by atoms with Crippen molar-refractivity contribution in [2.75, 3.05) is 0 Å². The van der Waals surface area contributed by atoms with Crippen LogP contribution in [0.25, 0.3) is 0 Å². The van der Waals surface area contributed by atoms with Gasteiger partial charge in [0.05, 0.1) is 6.54 Å². The highest BCUT2D eigenvalue weighted by atomic mass is 35.5. The Bertz CT molecular complexity index is 588. The zero-order chi connectivity index (χ0) is 12.4. The van der Waals surface area contributed by atoms with Crippen molar-refractivity contribution in [2.45, 2.75) is 20.4 Å². The fraction of sp³-hybridized carbons (Fsp3) is 0.273. The van der Waals surface area contributed by atoms with Crippen LogP contribution in [0.4, 0.5) is 0 Å². The summed E-state index contributed by atoms with van der Waals surface area (Å²) in [5.41, 5.74) is 1.36. The Morgan fingerprint density at radius 3 is 2.82 bits per heavy atom. The number of hydrogen-bond donors (Lipinski definition) is 0. The van der Waals surface area contributed by atoms with Crippen LogP contribution in [0, 0.1) is 13.8 Å². The Hall–Kier alpha value is -1.75. The first kappa shape index (κ1) is 11.7. The van der Waals surface area contributed by atoms with E-state index in [0.717, 1.165) is 11.3 Å². The number of halogens is 1. The molecule has 0 fully saturated rings. The average Bonchev–Trinajstić information content (AvgIpc) is 2.22. The third-order valence-electron chi connectivity index (χ3n) is 2.16. The fourth-order valence-corrected chi connectivity index (χ4v) is 1.75. The van der Waals surface area contributed by atoms with Gasteiger partial charge in [0.1, 0.15) is 11.0 Å². The van der Waals surface area contributed by atoms with Crippen molar-refractivity contribution in [1.82, 2.24) is 19.5 Å². The Balaban J connectivity index is 2.37. The van der Waals surface area contributed by atoms with Crippen LogP contribution in [0.5, 0.6) is 0 Å². The van der Waals surface area contributed by atoms with E-state index in [1.54, 1.807) is 12.3 Å². The minimum absolute atomic E-state index is 0.273. The summed E-state index contributed by atoms with van der Waals surface area (Å²) in [7, 11) is 0. The van der Waals surface area contributed by atoms with Crippen LogP contribution in [-0.2, 0) is 6.54 Å². The van der Waals surface area contributed by atoms with E-state index in [9.17, 15) is 4.79 Å². The lowest BCUT2D eigenvalue weighted by Crippen LogP contribution is -2.23. The van der Waals surface area contributed by atoms with Crippen LogP contribution in [0.15, 0.2) is 23.3 Å². The fourth-order valence-electron chi connectivity index (χ4n) is 1.49. The van der Waals surface area contributed by atoms with Gasteiger partial charge in [0.15, 0.2) is 0 Å². The maximum atomic E-state index is 11.5. The van der Waals surface area contributed by atoms with Crippen LogP contribution in [0.3, 0.4) is 0 Å². The van der Waals surface area contributed by atoms with Gasteiger partial charge in [0, 0.05) is 18.1 Å². The first-order valence-corrected chi connectivity index (χ1v) is 5.45. The number of nitrogens with zero attached hydrogens (tertiary/aromatic N) is 4. The van der Waals surface area contributed by atoms with E-state index >= 15 is 0 Å². The second-order valence-corrected chi connectivity index (χ2v) is 4.18. The molecule has 2 aromatic rings.